The standard InChI is InChI=1S/C18H19FN6O2S2/c1-11(2)25-14(9-21-16(27)12-5-3-4-6-13(12)19)23-24-18(25)29-10-15(26)22-17-20-7-8-28-17/h3-8,11H,9-10H2,1-2H3,(H,21,27)(H,20,22,26). The molecule has 0 unspecified atom stereocenters. The summed E-state index contributed by atoms with van der Waals surface area (Å²) >= 11 is 2.58. The van der Waals surface area contributed by atoms with Gasteiger partial charge in [-0.2, -0.15) is 0 Å². The van der Waals surface area contributed by atoms with Crippen LogP contribution < -0.4 is 10.6 Å². The predicted molar refractivity (Wildman–Crippen MR) is 109 cm³/mol. The Balaban J connectivity index is 1.63. The van der Waals surface area contributed by atoms with E-state index >= 15 is 0 Å². The molecular weight excluding hydrogens is 415 g/mol. The number of nitrogens with one attached hydrogen (secondary N) is 2. The largest absolute Gasteiger partial charge is 0.345 e. The summed E-state index contributed by atoms with van der Waals surface area (Å²) in [7, 11) is 0. The minimum Gasteiger partial charge on any atom is -0.345 e. The third-order valence-corrected chi connectivity index (χ3v) is 5.42. The lowest BCUT2D eigenvalue weighted by Gasteiger charge is -2.14. The van der Waals surface area contributed by atoms with Crippen molar-refractivity contribution in [1.29, 1.82) is 0 Å². The van der Waals surface area contributed by atoms with Crippen molar-refractivity contribution in [3.63, 3.8) is 0 Å². The van der Waals surface area contributed by atoms with E-state index in [1.54, 1.807) is 17.6 Å². The lowest BCUT2D eigenvalue weighted by molar-refractivity contribution is -0.113. The SMILES string of the molecule is CC(C)n1c(CNC(=O)c2ccccc2F)nnc1SCC(=O)Nc1nccs1. The monoisotopic (exact) mass is 434 g/mol. The molecule has 2 heterocycles. The van der Waals surface area contributed by atoms with Gasteiger partial charge < -0.3 is 15.2 Å². The number of hydrogen-bond acceptors (Lipinski definition) is 7. The van der Waals surface area contributed by atoms with Crippen LogP contribution in [0.3, 0.4) is 0 Å². The quantitative estimate of drug-likeness (QED) is 0.528. The molecule has 0 saturated carbocycles. The molecule has 2 aromatic heterocycles. The fourth-order valence-electron chi connectivity index (χ4n) is 2.52. The van der Waals surface area contributed by atoms with E-state index in [-0.39, 0.29) is 29.8 Å². The van der Waals surface area contributed by atoms with Gasteiger partial charge in [0.25, 0.3) is 5.91 Å². The van der Waals surface area contributed by atoms with Gasteiger partial charge in [-0.3, -0.25) is 9.59 Å². The van der Waals surface area contributed by atoms with Crippen LogP contribution in [0, 0.1) is 5.82 Å². The number of anilines is 1. The van der Waals surface area contributed by atoms with Crippen molar-refractivity contribution in [2.24, 2.45) is 0 Å². The van der Waals surface area contributed by atoms with Gasteiger partial charge in [0.15, 0.2) is 16.1 Å². The summed E-state index contributed by atoms with van der Waals surface area (Å²) in [4.78, 5) is 28.3. The lowest BCUT2D eigenvalue weighted by atomic mass is 10.2. The van der Waals surface area contributed by atoms with E-state index in [4.69, 9.17) is 0 Å². The number of thioether (sulfide) groups is 1. The first-order chi connectivity index (χ1) is 14.0. The molecule has 0 aliphatic carbocycles. The van der Waals surface area contributed by atoms with Crippen LogP contribution in [0.4, 0.5) is 9.52 Å². The zero-order valence-electron chi connectivity index (χ0n) is 15.8. The molecule has 3 aromatic rings. The zero-order valence-corrected chi connectivity index (χ0v) is 17.4. The van der Waals surface area contributed by atoms with Crippen LogP contribution in [0.2, 0.25) is 0 Å². The van der Waals surface area contributed by atoms with Crippen LogP contribution in [0.1, 0.15) is 36.1 Å². The molecule has 0 bridgehead atoms. The van der Waals surface area contributed by atoms with Gasteiger partial charge in [0.05, 0.1) is 17.9 Å². The van der Waals surface area contributed by atoms with Gasteiger partial charge in [-0.15, -0.1) is 21.5 Å². The molecular formula is C18H19FN6O2S2. The number of carbonyl (C=O) groups is 2. The number of amides is 2. The molecule has 29 heavy (non-hydrogen) atoms. The fourth-order valence-corrected chi connectivity index (χ4v) is 3.95. The summed E-state index contributed by atoms with van der Waals surface area (Å²) in [6.07, 6.45) is 1.62. The average Bonchev–Trinajstić information content (AvgIpc) is 3.34. The van der Waals surface area contributed by atoms with Gasteiger partial charge in [0.2, 0.25) is 5.91 Å². The molecule has 2 N–H and O–H groups in total. The van der Waals surface area contributed by atoms with Gasteiger partial charge in [0.1, 0.15) is 5.82 Å². The maximum Gasteiger partial charge on any atom is 0.254 e. The summed E-state index contributed by atoms with van der Waals surface area (Å²) in [6, 6.07) is 5.78. The number of carbonyl (C=O) groups excluding carboxylic acids is 2. The van der Waals surface area contributed by atoms with Crippen molar-refractivity contribution in [2.45, 2.75) is 31.6 Å². The Labute approximate surface area is 174 Å². The Morgan fingerprint density at radius 2 is 2.07 bits per heavy atom. The van der Waals surface area contributed by atoms with Gasteiger partial charge in [-0.25, -0.2) is 9.37 Å². The third-order valence-electron chi connectivity index (χ3n) is 3.79. The van der Waals surface area contributed by atoms with E-state index in [0.717, 1.165) is 0 Å². The second-order valence-corrected chi connectivity index (χ2v) is 8.04. The molecule has 2 amide bonds. The minimum atomic E-state index is -0.585. The number of thiazole rings is 1. The maximum atomic E-state index is 13.8. The van der Waals surface area contributed by atoms with E-state index in [1.165, 1.54) is 41.3 Å². The van der Waals surface area contributed by atoms with Crippen molar-refractivity contribution < 1.29 is 14.0 Å². The normalized spacial score (nSPS) is 10.9. The number of hydrogen-bond donors (Lipinski definition) is 2. The summed E-state index contributed by atoms with van der Waals surface area (Å²) in [5.41, 5.74) is -0.0310. The molecule has 0 atom stereocenters. The van der Waals surface area contributed by atoms with Crippen LogP contribution in [0.25, 0.3) is 0 Å². The van der Waals surface area contributed by atoms with Crippen LogP contribution in [-0.2, 0) is 11.3 Å². The van der Waals surface area contributed by atoms with Crippen molar-refractivity contribution in [3.8, 4) is 0 Å². The van der Waals surface area contributed by atoms with Crippen molar-refractivity contribution >= 4 is 40.0 Å². The summed E-state index contributed by atoms with van der Waals surface area (Å²) in [5, 5.41) is 16.5. The Bertz CT molecular complexity index is 990. The fraction of sp³-hybridized carbons (Fsp3) is 0.278. The number of benzene rings is 1. The van der Waals surface area contributed by atoms with Gasteiger partial charge in [-0.05, 0) is 26.0 Å². The summed E-state index contributed by atoms with van der Waals surface area (Å²) < 4.78 is 15.6. The highest BCUT2D eigenvalue weighted by molar-refractivity contribution is 7.99. The van der Waals surface area contributed by atoms with Crippen molar-refractivity contribution in [1.82, 2.24) is 25.1 Å². The van der Waals surface area contributed by atoms with E-state index in [2.05, 4.69) is 25.8 Å². The van der Waals surface area contributed by atoms with Gasteiger partial charge in [0, 0.05) is 17.6 Å². The number of rotatable bonds is 8. The number of nitrogens with zero attached hydrogens (tertiary/aromatic N) is 4. The van der Waals surface area contributed by atoms with Crippen molar-refractivity contribution in [2.75, 3.05) is 11.1 Å². The highest BCUT2D eigenvalue weighted by Crippen LogP contribution is 2.22. The third kappa shape index (κ3) is 5.39. The van der Waals surface area contributed by atoms with E-state index < -0.39 is 11.7 Å². The molecule has 8 nitrogen and oxygen atoms in total. The van der Waals surface area contributed by atoms with Crippen LogP contribution in [0.15, 0.2) is 41.0 Å². The average molecular weight is 435 g/mol. The molecule has 0 saturated heterocycles. The zero-order chi connectivity index (χ0) is 20.8. The first-order valence-corrected chi connectivity index (χ1v) is 10.6. The molecule has 152 valence electrons. The smallest absolute Gasteiger partial charge is 0.254 e. The summed E-state index contributed by atoms with van der Waals surface area (Å²) in [5.74, 6) is -0.645. The van der Waals surface area contributed by atoms with Crippen LogP contribution in [0.5, 0.6) is 0 Å². The first-order valence-electron chi connectivity index (χ1n) is 8.74. The minimum absolute atomic E-state index is 0.00915. The number of halogens is 1. The molecule has 0 aliphatic heterocycles. The number of aromatic nitrogens is 4. The topological polar surface area (TPSA) is 102 Å². The lowest BCUT2D eigenvalue weighted by Crippen LogP contribution is -2.26. The van der Waals surface area contributed by atoms with E-state index in [1.807, 2.05) is 18.4 Å². The van der Waals surface area contributed by atoms with Crippen LogP contribution >= 0.6 is 23.1 Å². The molecule has 0 aliphatic rings. The van der Waals surface area contributed by atoms with Crippen LogP contribution in [-0.4, -0.2) is 37.3 Å². The Morgan fingerprint density at radius 1 is 1.28 bits per heavy atom. The van der Waals surface area contributed by atoms with Gasteiger partial charge in [-0.1, -0.05) is 23.9 Å². The molecule has 3 rings (SSSR count). The van der Waals surface area contributed by atoms with E-state index in [9.17, 15) is 14.0 Å². The Morgan fingerprint density at radius 3 is 2.76 bits per heavy atom. The second-order valence-electron chi connectivity index (χ2n) is 6.20. The van der Waals surface area contributed by atoms with E-state index in [0.29, 0.717) is 16.1 Å². The maximum absolute atomic E-state index is 13.8. The Hall–Kier alpha value is -2.79. The summed E-state index contributed by atoms with van der Waals surface area (Å²) in [6.45, 7) is 3.99. The first kappa shape index (κ1) is 20.9. The van der Waals surface area contributed by atoms with Crippen molar-refractivity contribution in [3.05, 3.63) is 53.0 Å². The Kier molecular flexibility index (Phi) is 6.94. The highest BCUT2D eigenvalue weighted by Gasteiger charge is 2.18. The molecule has 0 fully saturated rings. The molecule has 0 spiro atoms. The predicted octanol–water partition coefficient (Wildman–Crippen LogP) is 3.12. The molecule has 0 radical (unpaired) electrons. The second kappa shape index (κ2) is 9.61. The highest BCUT2D eigenvalue weighted by atomic mass is 32.2. The van der Waals surface area contributed by atoms with Gasteiger partial charge >= 0.3 is 0 Å². The molecule has 1 aromatic carbocycles. The molecule has 11 heteroatoms.